The van der Waals surface area contributed by atoms with E-state index in [0.717, 1.165) is 61.1 Å². The first kappa shape index (κ1) is 23.1. The Morgan fingerprint density at radius 1 is 0.676 bits per heavy atom. The zero-order valence-electron chi connectivity index (χ0n) is 20.0. The van der Waals surface area contributed by atoms with Crippen LogP contribution in [0.2, 0.25) is 0 Å². The van der Waals surface area contributed by atoms with Gasteiger partial charge in [-0.05, 0) is 36.8 Å². The molecule has 34 heavy (non-hydrogen) atoms. The maximum absolute atomic E-state index is 9.36. The van der Waals surface area contributed by atoms with E-state index in [4.69, 9.17) is 9.47 Å². The highest BCUT2D eigenvalue weighted by molar-refractivity contribution is 6.12. The van der Waals surface area contributed by atoms with E-state index < -0.39 is 11.2 Å². The summed E-state index contributed by atoms with van der Waals surface area (Å²) < 4.78 is 11.6. The number of hydrogen-bond acceptors (Lipinski definition) is 6. The van der Waals surface area contributed by atoms with Crippen molar-refractivity contribution in [3.8, 4) is 0 Å². The summed E-state index contributed by atoms with van der Waals surface area (Å²) in [5.74, 6) is 0.701. The number of benzene rings is 2. The molecule has 2 aromatic rings. The molecule has 2 aromatic carbocycles. The minimum absolute atomic E-state index is 0.350. The van der Waals surface area contributed by atoms with Crippen LogP contribution in [0.1, 0.15) is 85.5 Å². The Labute approximate surface area is 201 Å². The first-order valence-electron chi connectivity index (χ1n) is 12.4. The second-order valence-corrected chi connectivity index (χ2v) is 9.86. The van der Waals surface area contributed by atoms with Gasteiger partial charge < -0.3 is 19.9 Å². The molecule has 6 rings (SSSR count). The number of oxime groups is 2. The molecule has 180 valence electrons. The van der Waals surface area contributed by atoms with Gasteiger partial charge in [-0.3, -0.25) is 0 Å². The number of ether oxygens (including phenoxy) is 2. The Morgan fingerprint density at radius 2 is 1.09 bits per heavy atom. The average Bonchev–Trinajstić information content (AvgIpc) is 3.36. The van der Waals surface area contributed by atoms with Crippen molar-refractivity contribution in [1.82, 2.24) is 0 Å². The van der Waals surface area contributed by atoms with Crippen LogP contribution in [0.15, 0.2) is 58.8 Å². The third-order valence-electron chi connectivity index (χ3n) is 8.62. The zero-order valence-corrected chi connectivity index (χ0v) is 20.0. The average molecular weight is 463 g/mol. The molecule has 2 N–H and O–H groups in total. The van der Waals surface area contributed by atoms with Crippen LogP contribution in [-0.2, 0) is 9.47 Å². The van der Waals surface area contributed by atoms with Crippen molar-refractivity contribution in [2.75, 3.05) is 14.2 Å². The van der Waals surface area contributed by atoms with Gasteiger partial charge in [0.05, 0.1) is 0 Å². The van der Waals surface area contributed by atoms with E-state index in [2.05, 4.69) is 22.4 Å². The third kappa shape index (κ3) is 3.23. The molecule has 6 heteroatoms. The summed E-state index contributed by atoms with van der Waals surface area (Å²) in [6.45, 7) is 0. The van der Waals surface area contributed by atoms with E-state index in [1.165, 1.54) is 24.0 Å². The second kappa shape index (κ2) is 9.16. The van der Waals surface area contributed by atoms with E-state index in [1.54, 1.807) is 14.2 Å². The lowest BCUT2D eigenvalue weighted by Crippen LogP contribution is -2.44. The van der Waals surface area contributed by atoms with Gasteiger partial charge in [0.25, 0.3) is 0 Å². The fourth-order valence-electron chi connectivity index (χ4n) is 7.12. The van der Waals surface area contributed by atoms with Gasteiger partial charge in [-0.15, -0.1) is 0 Å². The SMILES string of the molecule is CO[C@]12CCCC[C@H]1c1ccccc1/C2=N\O.CO[C@]12CCCC[C@H]1c1ccccc1/C2=N\O. The topological polar surface area (TPSA) is 83.6 Å². The van der Waals surface area contributed by atoms with E-state index in [0.29, 0.717) is 11.8 Å². The molecule has 2 saturated carbocycles. The predicted octanol–water partition coefficient (Wildman–Crippen LogP) is 5.84. The van der Waals surface area contributed by atoms with Crippen LogP contribution in [0.3, 0.4) is 0 Å². The smallest absolute Gasteiger partial charge is 0.120 e. The van der Waals surface area contributed by atoms with Crippen LogP contribution in [0, 0.1) is 0 Å². The Morgan fingerprint density at radius 3 is 1.47 bits per heavy atom. The standard InChI is InChI=1S/2C14H17NO2/c2*1-17-14-9-5-4-8-12(14)10-6-2-3-7-11(10)13(14)15-16/h2*2-3,6-7,12,16H,4-5,8-9H2,1H3/b2*15-13+/t2*12-,14+/m00/s1. The molecule has 0 unspecified atom stereocenters. The van der Waals surface area contributed by atoms with Crippen molar-refractivity contribution in [2.45, 2.75) is 74.4 Å². The molecular formula is C28H34N2O4. The summed E-state index contributed by atoms with van der Waals surface area (Å²) in [6, 6.07) is 16.4. The Balaban J connectivity index is 0.000000142. The number of methoxy groups -OCH3 is 2. The highest BCUT2D eigenvalue weighted by Gasteiger charge is 2.54. The van der Waals surface area contributed by atoms with Crippen molar-refractivity contribution in [3.05, 3.63) is 70.8 Å². The van der Waals surface area contributed by atoms with Gasteiger partial charge >= 0.3 is 0 Å². The Bertz CT molecular complexity index is 1030. The lowest BCUT2D eigenvalue weighted by Gasteiger charge is -2.38. The molecule has 0 aliphatic heterocycles. The molecule has 4 aliphatic carbocycles. The van der Waals surface area contributed by atoms with Gasteiger partial charge in [0.2, 0.25) is 0 Å². The summed E-state index contributed by atoms with van der Waals surface area (Å²) in [5.41, 5.74) is 5.34. The van der Waals surface area contributed by atoms with E-state index in [-0.39, 0.29) is 0 Å². The highest BCUT2D eigenvalue weighted by atomic mass is 16.5. The molecule has 0 spiro atoms. The summed E-state index contributed by atoms with van der Waals surface area (Å²) in [5, 5.41) is 25.8. The summed E-state index contributed by atoms with van der Waals surface area (Å²) >= 11 is 0. The largest absolute Gasteiger partial charge is 0.411 e. The molecule has 0 heterocycles. The second-order valence-electron chi connectivity index (χ2n) is 9.86. The third-order valence-corrected chi connectivity index (χ3v) is 8.62. The molecule has 0 bridgehead atoms. The van der Waals surface area contributed by atoms with Gasteiger partial charge in [-0.25, -0.2) is 0 Å². The van der Waals surface area contributed by atoms with Crippen LogP contribution in [-0.4, -0.2) is 47.3 Å². The van der Waals surface area contributed by atoms with Gasteiger partial charge in [0.15, 0.2) is 0 Å². The quantitative estimate of drug-likeness (QED) is 0.434. The molecular weight excluding hydrogens is 428 g/mol. The van der Waals surface area contributed by atoms with Crippen molar-refractivity contribution in [2.24, 2.45) is 10.3 Å². The first-order chi connectivity index (χ1) is 16.7. The van der Waals surface area contributed by atoms with E-state index >= 15 is 0 Å². The summed E-state index contributed by atoms with van der Waals surface area (Å²) in [7, 11) is 3.46. The normalized spacial score (nSPS) is 33.5. The lowest BCUT2D eigenvalue weighted by molar-refractivity contribution is 0.00417. The molecule has 0 aromatic heterocycles. The van der Waals surface area contributed by atoms with E-state index in [9.17, 15) is 10.4 Å². The van der Waals surface area contributed by atoms with Crippen molar-refractivity contribution in [1.29, 1.82) is 0 Å². The van der Waals surface area contributed by atoms with Crippen LogP contribution >= 0.6 is 0 Å². The predicted molar refractivity (Wildman–Crippen MR) is 131 cm³/mol. The molecule has 2 fully saturated rings. The first-order valence-corrected chi connectivity index (χ1v) is 12.4. The fraction of sp³-hybridized carbons (Fsp3) is 0.500. The molecule has 0 saturated heterocycles. The van der Waals surface area contributed by atoms with Crippen LogP contribution in [0.5, 0.6) is 0 Å². The molecule has 6 nitrogen and oxygen atoms in total. The van der Waals surface area contributed by atoms with Gasteiger partial charge in [0.1, 0.15) is 22.6 Å². The minimum Gasteiger partial charge on any atom is -0.411 e. The number of rotatable bonds is 2. The zero-order chi connectivity index (χ0) is 23.8. The van der Waals surface area contributed by atoms with Crippen LogP contribution in [0.4, 0.5) is 0 Å². The Kier molecular flexibility index (Phi) is 6.21. The highest BCUT2D eigenvalue weighted by Crippen LogP contribution is 2.52. The van der Waals surface area contributed by atoms with Gasteiger partial charge in [-0.1, -0.05) is 84.5 Å². The monoisotopic (exact) mass is 462 g/mol. The number of nitrogens with zero attached hydrogens (tertiary/aromatic N) is 2. The molecule has 0 amide bonds. The van der Waals surface area contributed by atoms with Gasteiger partial charge in [-0.2, -0.15) is 0 Å². The summed E-state index contributed by atoms with van der Waals surface area (Å²) in [6.07, 6.45) is 8.85. The fourth-order valence-corrected chi connectivity index (χ4v) is 7.12. The minimum atomic E-state index is -0.392. The van der Waals surface area contributed by atoms with Gasteiger partial charge in [0, 0.05) is 37.2 Å². The molecule has 4 aliphatic rings. The van der Waals surface area contributed by atoms with Crippen molar-refractivity contribution < 1.29 is 19.9 Å². The maximum Gasteiger partial charge on any atom is 0.120 e. The van der Waals surface area contributed by atoms with Crippen molar-refractivity contribution in [3.63, 3.8) is 0 Å². The molecule has 4 atom stereocenters. The maximum atomic E-state index is 9.36. The van der Waals surface area contributed by atoms with E-state index in [1.807, 2.05) is 36.4 Å². The number of fused-ring (bicyclic) bond motifs is 6. The molecule has 0 radical (unpaired) electrons. The number of hydrogen-bond donors (Lipinski definition) is 2. The summed E-state index contributed by atoms with van der Waals surface area (Å²) in [4.78, 5) is 0. The lowest BCUT2D eigenvalue weighted by atomic mass is 9.75. The van der Waals surface area contributed by atoms with Crippen LogP contribution < -0.4 is 0 Å². The van der Waals surface area contributed by atoms with Crippen molar-refractivity contribution >= 4 is 11.4 Å². The van der Waals surface area contributed by atoms with Crippen LogP contribution in [0.25, 0.3) is 0 Å². The Hall–Kier alpha value is -2.70.